The second kappa shape index (κ2) is 24.2. The molecule has 2 fully saturated rings. The lowest BCUT2D eigenvalue weighted by Crippen LogP contribution is -2.59. The molecule has 0 spiro atoms. The van der Waals surface area contributed by atoms with Gasteiger partial charge in [0.15, 0.2) is 5.78 Å². The smallest absolute Gasteiger partial charge is 0.243 e. The number of unbranched alkanes of at least 4 members (excludes halogenated alkanes) is 4. The van der Waals surface area contributed by atoms with Crippen LogP contribution in [-0.4, -0.2) is 115 Å². The molecule has 4 amide bonds. The number of nitrogens with one attached hydrogen (secondary N) is 4. The van der Waals surface area contributed by atoms with Gasteiger partial charge in [0.05, 0.1) is 12.6 Å². The largest absolute Gasteiger partial charge is 0.361 e. The third kappa shape index (κ3) is 17.2. The molecule has 59 heavy (non-hydrogen) atoms. The van der Waals surface area contributed by atoms with Crippen LogP contribution in [0.3, 0.4) is 0 Å². The summed E-state index contributed by atoms with van der Waals surface area (Å²) < 4.78 is 5.43. The van der Waals surface area contributed by atoms with E-state index in [9.17, 15) is 24.0 Å². The van der Waals surface area contributed by atoms with Gasteiger partial charge in [0.1, 0.15) is 23.7 Å². The number of ketones is 1. The van der Waals surface area contributed by atoms with Crippen LogP contribution in [0.2, 0.25) is 0 Å². The fourth-order valence-electron chi connectivity index (χ4n) is 7.61. The zero-order valence-electron chi connectivity index (χ0n) is 36.6. The van der Waals surface area contributed by atoms with Gasteiger partial charge >= 0.3 is 0 Å². The topological polar surface area (TPSA) is 152 Å². The predicted octanol–water partition coefficient (Wildman–Crippen LogP) is 4.84. The summed E-state index contributed by atoms with van der Waals surface area (Å²) in [5.41, 5.74) is 0.948. The third-order valence-electron chi connectivity index (χ3n) is 11.4. The van der Waals surface area contributed by atoms with Gasteiger partial charge in [-0.15, -0.1) is 0 Å². The molecule has 4 unspecified atom stereocenters. The molecule has 12 heteroatoms. The predicted molar refractivity (Wildman–Crippen MR) is 233 cm³/mol. The number of benzene rings is 2. The molecule has 0 bridgehead atoms. The first-order valence-electron chi connectivity index (χ1n) is 22.1. The maximum absolute atomic E-state index is 14.2. The molecule has 4 N–H and O–H groups in total. The van der Waals surface area contributed by atoms with Crippen molar-refractivity contribution in [1.29, 1.82) is 0 Å². The van der Waals surface area contributed by atoms with Crippen molar-refractivity contribution in [3.63, 3.8) is 0 Å². The normalized spacial score (nSPS) is 19.1. The number of Topliss-reactive ketones (excluding diaryl/α,β-unsaturated/α-hetero) is 1. The molecule has 0 aliphatic carbocycles. The van der Waals surface area contributed by atoms with Gasteiger partial charge in [0.2, 0.25) is 23.6 Å². The summed E-state index contributed by atoms with van der Waals surface area (Å²) in [6.45, 7) is 15.6. The number of nitrogens with zero attached hydrogens (tertiary/aromatic N) is 2. The van der Waals surface area contributed by atoms with E-state index in [0.717, 1.165) is 76.0 Å². The summed E-state index contributed by atoms with van der Waals surface area (Å²) in [4.78, 5) is 73.9. The summed E-state index contributed by atoms with van der Waals surface area (Å²) in [5.74, 6) is -1.65. The number of carbonyl (C=O) groups is 5. The lowest BCUT2D eigenvalue weighted by atomic mass is 9.93. The van der Waals surface area contributed by atoms with E-state index < -0.39 is 47.5 Å². The Balaban J connectivity index is 1.40. The second-order valence-corrected chi connectivity index (χ2v) is 17.8. The van der Waals surface area contributed by atoms with E-state index in [-0.39, 0.29) is 29.9 Å². The zero-order valence-corrected chi connectivity index (χ0v) is 36.6. The van der Waals surface area contributed by atoms with Crippen LogP contribution in [0.4, 0.5) is 0 Å². The Bertz CT molecular complexity index is 1610. The quantitative estimate of drug-likeness (QED) is 0.0779. The molecule has 2 aliphatic rings. The average Bonchev–Trinajstić information content (AvgIpc) is 3.97. The van der Waals surface area contributed by atoms with Crippen LogP contribution in [0.25, 0.3) is 0 Å². The van der Waals surface area contributed by atoms with Crippen LogP contribution in [0, 0.1) is 11.8 Å². The van der Waals surface area contributed by atoms with E-state index in [1.165, 1.54) is 0 Å². The molecule has 0 saturated carbocycles. The minimum Gasteiger partial charge on any atom is -0.361 e. The highest BCUT2D eigenvalue weighted by molar-refractivity contribution is 5.98. The summed E-state index contributed by atoms with van der Waals surface area (Å²) in [7, 11) is 2.17. The number of rotatable bonds is 26. The lowest BCUT2D eigenvalue weighted by molar-refractivity contribution is -0.135. The number of aryl methyl sites for hydroxylation is 1. The van der Waals surface area contributed by atoms with Gasteiger partial charge in [0, 0.05) is 39.0 Å². The maximum atomic E-state index is 14.2. The van der Waals surface area contributed by atoms with Gasteiger partial charge < -0.3 is 35.8 Å². The van der Waals surface area contributed by atoms with Crippen molar-refractivity contribution in [2.75, 3.05) is 46.4 Å². The molecular weight excluding hydrogens is 745 g/mol. The van der Waals surface area contributed by atoms with Crippen LogP contribution in [-0.2, 0) is 41.6 Å². The van der Waals surface area contributed by atoms with Gasteiger partial charge in [-0.05, 0) is 82.0 Å². The number of hydrogen-bond donors (Lipinski definition) is 4. The molecular formula is C47H72N6O6. The van der Waals surface area contributed by atoms with Crippen molar-refractivity contribution in [3.8, 4) is 0 Å². The molecule has 2 aliphatic heterocycles. The molecule has 4 rings (SSSR count). The standard InChI is InChI=1S/C47H72N6O6/c1-34(2)30-39(43(55)47(5)33-59-47)49-46(58)41(32-37-20-14-11-15-21-37)51-45(57)40(31-35(3)4)50-44(56)38(24-23-36-18-12-10-13-19-36)48-42(54)22-16-8-7-9-17-25-53-28-26-52(6)27-29-53/h10-15,18-21,34-35,38-41H,7-9,16-17,22-33H2,1-6H3,(H,48,54)(H,49,58)(H,50,56)(H,51,57)/t38?,39?,40?,41-,47?/m0/s1. The van der Waals surface area contributed by atoms with Crippen molar-refractivity contribution in [1.82, 2.24) is 31.1 Å². The van der Waals surface area contributed by atoms with Crippen LogP contribution < -0.4 is 21.3 Å². The van der Waals surface area contributed by atoms with E-state index in [2.05, 4.69) is 38.1 Å². The first-order valence-corrected chi connectivity index (χ1v) is 22.1. The van der Waals surface area contributed by atoms with Gasteiger partial charge in [-0.3, -0.25) is 24.0 Å². The Kier molecular flexibility index (Phi) is 19.5. The SMILES string of the molecule is CC(C)CC(NC(=O)C(CCc1ccccc1)NC(=O)CCCCCCCN1CCN(C)CC1)C(=O)N[C@@H](Cc1ccccc1)C(=O)NC(CC(C)C)C(=O)C1(C)CO1. The fourth-order valence-corrected chi connectivity index (χ4v) is 7.61. The summed E-state index contributed by atoms with van der Waals surface area (Å²) in [5, 5.41) is 11.8. The van der Waals surface area contributed by atoms with Crippen LogP contribution in [0.15, 0.2) is 60.7 Å². The Labute approximate surface area is 353 Å². The Morgan fingerprint density at radius 2 is 1.15 bits per heavy atom. The van der Waals surface area contributed by atoms with Crippen LogP contribution in [0.5, 0.6) is 0 Å². The van der Waals surface area contributed by atoms with Crippen molar-refractivity contribution < 1.29 is 28.7 Å². The van der Waals surface area contributed by atoms with Crippen molar-refractivity contribution >= 4 is 29.4 Å². The highest BCUT2D eigenvalue weighted by Crippen LogP contribution is 2.29. The van der Waals surface area contributed by atoms with E-state index in [4.69, 9.17) is 4.74 Å². The van der Waals surface area contributed by atoms with E-state index in [0.29, 0.717) is 38.7 Å². The van der Waals surface area contributed by atoms with Gasteiger partial charge in [-0.25, -0.2) is 0 Å². The highest BCUT2D eigenvalue weighted by Gasteiger charge is 2.50. The molecule has 2 saturated heterocycles. The van der Waals surface area contributed by atoms with Crippen molar-refractivity contribution in [2.45, 2.75) is 135 Å². The van der Waals surface area contributed by atoms with Crippen molar-refractivity contribution in [3.05, 3.63) is 71.8 Å². The highest BCUT2D eigenvalue weighted by atomic mass is 16.6. The number of carbonyl (C=O) groups excluding carboxylic acids is 5. The summed E-state index contributed by atoms with van der Waals surface area (Å²) in [6.07, 6.45) is 7.22. The minimum absolute atomic E-state index is 0.0266. The zero-order chi connectivity index (χ0) is 42.8. The van der Waals surface area contributed by atoms with E-state index in [1.807, 2.05) is 88.4 Å². The fraction of sp³-hybridized carbons (Fsp3) is 0.638. The van der Waals surface area contributed by atoms with Gasteiger partial charge in [-0.1, -0.05) is 108 Å². The van der Waals surface area contributed by atoms with Crippen LogP contribution >= 0.6 is 0 Å². The van der Waals surface area contributed by atoms with Crippen LogP contribution in [0.1, 0.15) is 104 Å². The monoisotopic (exact) mass is 817 g/mol. The first-order chi connectivity index (χ1) is 28.2. The molecule has 2 aromatic rings. The number of hydrogen-bond acceptors (Lipinski definition) is 8. The number of likely N-dealkylation sites (N-methyl/N-ethyl adjacent to an activating group) is 1. The Morgan fingerprint density at radius 3 is 1.76 bits per heavy atom. The minimum atomic E-state index is -1.02. The maximum Gasteiger partial charge on any atom is 0.243 e. The number of piperazine rings is 1. The molecule has 0 radical (unpaired) electrons. The number of ether oxygens (including phenoxy) is 1. The third-order valence-corrected chi connectivity index (χ3v) is 11.4. The number of epoxide rings is 1. The summed E-state index contributed by atoms with van der Waals surface area (Å²) >= 11 is 0. The average molecular weight is 817 g/mol. The van der Waals surface area contributed by atoms with E-state index in [1.54, 1.807) is 6.92 Å². The second-order valence-electron chi connectivity index (χ2n) is 17.8. The van der Waals surface area contributed by atoms with E-state index >= 15 is 0 Å². The molecule has 5 atom stereocenters. The summed E-state index contributed by atoms with van der Waals surface area (Å²) in [6, 6.07) is 15.6. The lowest BCUT2D eigenvalue weighted by Gasteiger charge is -2.32. The van der Waals surface area contributed by atoms with Gasteiger partial charge in [0.25, 0.3) is 0 Å². The molecule has 326 valence electrons. The Morgan fingerprint density at radius 1 is 0.644 bits per heavy atom. The molecule has 0 aromatic heterocycles. The van der Waals surface area contributed by atoms with Gasteiger partial charge in [-0.2, -0.15) is 0 Å². The Hall–Kier alpha value is -4.13. The number of amides is 4. The van der Waals surface area contributed by atoms with Crippen molar-refractivity contribution in [2.24, 2.45) is 11.8 Å². The molecule has 12 nitrogen and oxygen atoms in total. The molecule has 2 heterocycles. The first kappa shape index (κ1) is 47.5. The molecule has 2 aromatic carbocycles.